The number of β-amino-alcohol motifs (C(OH)–C–C–N with tert-alkyl or cyclic N) is 1. The Labute approximate surface area is 198 Å². The van der Waals surface area contributed by atoms with E-state index < -0.39 is 15.4 Å². The Morgan fingerprint density at radius 2 is 1.59 bits per heavy atom. The van der Waals surface area contributed by atoms with Crippen LogP contribution in [0, 0.1) is 0 Å². The molecule has 1 fully saturated rings. The van der Waals surface area contributed by atoms with E-state index in [4.69, 9.17) is 0 Å². The zero-order chi connectivity index (χ0) is 23.8. The van der Waals surface area contributed by atoms with Gasteiger partial charge in [-0.3, -0.25) is 9.78 Å². The quantitative estimate of drug-likeness (QED) is 0.463. The fourth-order valence-electron chi connectivity index (χ4n) is 4.45. The second kappa shape index (κ2) is 8.66. The van der Waals surface area contributed by atoms with Gasteiger partial charge in [-0.15, -0.1) is 0 Å². The number of likely N-dealkylation sites (tertiary alicyclic amines) is 1. The molecule has 0 saturated carbocycles. The van der Waals surface area contributed by atoms with E-state index in [0.717, 1.165) is 10.9 Å². The van der Waals surface area contributed by atoms with E-state index in [1.165, 1.54) is 0 Å². The van der Waals surface area contributed by atoms with Gasteiger partial charge in [0.2, 0.25) is 0 Å². The Hall–Kier alpha value is -3.55. The van der Waals surface area contributed by atoms with Crippen LogP contribution in [0.25, 0.3) is 10.9 Å². The average Bonchev–Trinajstić information content (AvgIpc) is 2.82. The number of carbonyl (C=O) groups excluding carboxylic acids is 1. The molecule has 1 saturated heterocycles. The first-order chi connectivity index (χ1) is 16.3. The maximum atomic E-state index is 13.1. The molecule has 7 heteroatoms. The highest BCUT2D eigenvalue weighted by Crippen LogP contribution is 2.28. The van der Waals surface area contributed by atoms with Crippen LogP contribution < -0.4 is 0 Å². The summed E-state index contributed by atoms with van der Waals surface area (Å²) in [5.74, 6) is -0.358. The third kappa shape index (κ3) is 4.44. The molecular weight excluding hydrogens is 448 g/mol. The molecule has 0 atom stereocenters. The Kier molecular flexibility index (Phi) is 5.67. The molecule has 0 bridgehead atoms. The fourth-order valence-corrected chi connectivity index (χ4v) is 5.98. The Morgan fingerprint density at radius 3 is 2.32 bits per heavy atom. The highest BCUT2D eigenvalue weighted by atomic mass is 32.2. The van der Waals surface area contributed by atoms with E-state index in [-0.39, 0.29) is 29.6 Å². The van der Waals surface area contributed by atoms with E-state index in [0.29, 0.717) is 23.1 Å². The number of nitrogens with zero attached hydrogens (tertiary/aromatic N) is 2. The van der Waals surface area contributed by atoms with Crippen molar-refractivity contribution in [2.45, 2.75) is 22.7 Å². The molecule has 0 unspecified atom stereocenters. The van der Waals surface area contributed by atoms with Crippen LogP contribution in [0.1, 0.15) is 21.5 Å². The summed E-state index contributed by atoms with van der Waals surface area (Å²) in [7, 11) is -3.62. The number of para-hydroxylation sites is 1. The van der Waals surface area contributed by atoms with Gasteiger partial charge in [-0.25, -0.2) is 8.42 Å². The molecule has 0 spiro atoms. The first-order valence-electron chi connectivity index (χ1n) is 11.0. The first-order valence-corrected chi connectivity index (χ1v) is 12.7. The molecule has 4 aromatic rings. The van der Waals surface area contributed by atoms with Crippen LogP contribution in [0.3, 0.4) is 0 Å². The maximum absolute atomic E-state index is 13.1. The van der Waals surface area contributed by atoms with E-state index in [1.54, 1.807) is 53.6 Å². The van der Waals surface area contributed by atoms with Crippen molar-refractivity contribution in [1.29, 1.82) is 0 Å². The minimum Gasteiger partial charge on any atom is -0.386 e. The molecule has 1 amide bonds. The van der Waals surface area contributed by atoms with Gasteiger partial charge in [0.1, 0.15) is 5.60 Å². The number of sulfone groups is 1. The lowest BCUT2D eigenvalue weighted by atomic mass is 9.86. The third-order valence-electron chi connectivity index (χ3n) is 6.12. The molecular formula is C27H24N2O4S. The number of pyridine rings is 1. The molecule has 5 rings (SSSR count). The molecule has 3 aromatic carbocycles. The standard InChI is InChI=1S/C27H24N2O4S/c30-26(29-18-27(31,19-29)16-20-6-2-1-3-7-20)23-13-11-21(12-14-23)17-34(32,33)24-10-4-8-22-9-5-15-28-25(22)24/h1-15,31H,16-19H2. The molecule has 0 radical (unpaired) electrons. The molecule has 172 valence electrons. The van der Waals surface area contributed by atoms with Crippen molar-refractivity contribution in [1.82, 2.24) is 9.88 Å². The summed E-state index contributed by atoms with van der Waals surface area (Å²) >= 11 is 0. The lowest BCUT2D eigenvalue weighted by Gasteiger charge is -2.46. The second-order valence-electron chi connectivity index (χ2n) is 8.84. The lowest BCUT2D eigenvalue weighted by Crippen LogP contribution is -2.64. The van der Waals surface area contributed by atoms with Crippen LogP contribution in [0.5, 0.6) is 0 Å². The van der Waals surface area contributed by atoms with Gasteiger partial charge in [-0.2, -0.15) is 0 Å². The van der Waals surface area contributed by atoms with Gasteiger partial charge < -0.3 is 10.0 Å². The Morgan fingerprint density at radius 1 is 0.882 bits per heavy atom. The van der Waals surface area contributed by atoms with Crippen LogP contribution in [0.4, 0.5) is 0 Å². The number of fused-ring (bicyclic) bond motifs is 1. The number of carbonyl (C=O) groups is 1. The monoisotopic (exact) mass is 472 g/mol. The number of amides is 1. The number of rotatable bonds is 6. The van der Waals surface area contributed by atoms with Crippen LogP contribution in [-0.2, 0) is 22.0 Å². The van der Waals surface area contributed by atoms with Crippen molar-refractivity contribution in [3.8, 4) is 0 Å². The lowest BCUT2D eigenvalue weighted by molar-refractivity contribution is -0.0799. The number of hydrogen-bond acceptors (Lipinski definition) is 5. The summed E-state index contributed by atoms with van der Waals surface area (Å²) in [5, 5.41) is 11.5. The van der Waals surface area contributed by atoms with Crippen molar-refractivity contribution >= 4 is 26.6 Å². The third-order valence-corrected chi connectivity index (χ3v) is 7.83. The van der Waals surface area contributed by atoms with Crippen molar-refractivity contribution in [3.63, 3.8) is 0 Å². The topological polar surface area (TPSA) is 87.6 Å². The zero-order valence-electron chi connectivity index (χ0n) is 18.5. The van der Waals surface area contributed by atoms with E-state index in [9.17, 15) is 18.3 Å². The summed E-state index contributed by atoms with van der Waals surface area (Å²) < 4.78 is 26.2. The maximum Gasteiger partial charge on any atom is 0.254 e. The van der Waals surface area contributed by atoms with Gasteiger partial charge >= 0.3 is 0 Å². The average molecular weight is 473 g/mol. The molecule has 1 aliphatic heterocycles. The molecule has 1 N–H and O–H groups in total. The van der Waals surface area contributed by atoms with Crippen LogP contribution in [-0.4, -0.2) is 48.0 Å². The first kappa shape index (κ1) is 22.3. The van der Waals surface area contributed by atoms with Gasteiger partial charge in [0.05, 0.1) is 29.3 Å². The van der Waals surface area contributed by atoms with Gasteiger partial charge in [-0.05, 0) is 35.4 Å². The van der Waals surface area contributed by atoms with Crippen LogP contribution in [0.15, 0.2) is 96.0 Å². The number of aliphatic hydroxyl groups is 1. The van der Waals surface area contributed by atoms with Gasteiger partial charge in [0.25, 0.3) is 5.91 Å². The zero-order valence-corrected chi connectivity index (χ0v) is 19.3. The predicted octanol–water partition coefficient (Wildman–Crippen LogP) is 3.64. The van der Waals surface area contributed by atoms with Crippen LogP contribution in [0.2, 0.25) is 0 Å². The molecule has 34 heavy (non-hydrogen) atoms. The molecule has 6 nitrogen and oxygen atoms in total. The van der Waals surface area contributed by atoms with Gasteiger partial charge in [-0.1, -0.05) is 60.7 Å². The van der Waals surface area contributed by atoms with Crippen molar-refractivity contribution in [2.24, 2.45) is 0 Å². The largest absolute Gasteiger partial charge is 0.386 e. The van der Waals surface area contributed by atoms with E-state index in [2.05, 4.69) is 4.98 Å². The second-order valence-corrected chi connectivity index (χ2v) is 10.8. The summed E-state index contributed by atoms with van der Waals surface area (Å²) in [4.78, 5) is 18.9. The molecule has 1 aliphatic rings. The minimum atomic E-state index is -3.62. The normalized spacial score (nSPS) is 15.1. The summed E-state index contributed by atoms with van der Waals surface area (Å²) in [6, 6.07) is 25.0. The number of aromatic nitrogens is 1. The Balaban J connectivity index is 1.26. The van der Waals surface area contributed by atoms with Gasteiger partial charge in [0, 0.05) is 23.6 Å². The Bertz CT molecular complexity index is 1440. The van der Waals surface area contributed by atoms with Crippen molar-refractivity contribution in [2.75, 3.05) is 13.1 Å². The number of benzene rings is 3. The fraction of sp³-hybridized carbons (Fsp3) is 0.185. The van der Waals surface area contributed by atoms with E-state index in [1.807, 2.05) is 42.5 Å². The summed E-state index contributed by atoms with van der Waals surface area (Å²) in [5.41, 5.74) is 1.63. The summed E-state index contributed by atoms with van der Waals surface area (Å²) in [6.45, 7) is 0.538. The molecule has 1 aromatic heterocycles. The smallest absolute Gasteiger partial charge is 0.254 e. The van der Waals surface area contributed by atoms with Gasteiger partial charge in [0.15, 0.2) is 9.84 Å². The summed E-state index contributed by atoms with van der Waals surface area (Å²) in [6.07, 6.45) is 2.08. The predicted molar refractivity (Wildman–Crippen MR) is 130 cm³/mol. The molecule has 2 heterocycles. The molecule has 0 aliphatic carbocycles. The minimum absolute atomic E-state index is 0.176. The van der Waals surface area contributed by atoms with Crippen LogP contribution >= 0.6 is 0 Å². The number of hydrogen-bond donors (Lipinski definition) is 1. The highest BCUT2D eigenvalue weighted by molar-refractivity contribution is 7.90. The van der Waals surface area contributed by atoms with Crippen molar-refractivity contribution < 1.29 is 18.3 Å². The van der Waals surface area contributed by atoms with E-state index >= 15 is 0 Å². The SMILES string of the molecule is O=C(c1ccc(CS(=O)(=O)c2cccc3cccnc23)cc1)N1CC(O)(Cc2ccccc2)C1. The van der Waals surface area contributed by atoms with Crippen molar-refractivity contribution in [3.05, 3.63) is 108 Å². The highest BCUT2D eigenvalue weighted by Gasteiger charge is 2.43.